The molecule has 50 heavy (non-hydrogen) atoms. The van der Waals surface area contributed by atoms with Crippen molar-refractivity contribution in [3.63, 3.8) is 0 Å². The standard InChI is InChI=1S/C47H93NO2/c1-5-9-12-15-25-29-36-45(37-30-26-16-13-10-6-2)44-47(50)40-33-35-43-48(41-8-4)42-34-28-24-22-20-18-17-19-21-23-27-32-39-46(49)38-31-14-11-7-3/h45H,5-44H2,1-4H3. The summed E-state index contributed by atoms with van der Waals surface area (Å²) in [7, 11) is 0. The van der Waals surface area contributed by atoms with Gasteiger partial charge >= 0.3 is 0 Å². The Kier molecular flexibility index (Phi) is 40.5. The number of nitrogens with zero attached hydrogens (tertiary/aromatic N) is 1. The Bertz CT molecular complexity index is 675. The Morgan fingerprint density at radius 2 is 0.660 bits per heavy atom. The first-order chi connectivity index (χ1) is 24.6. The Balaban J connectivity index is 3.92. The fourth-order valence-corrected chi connectivity index (χ4v) is 7.81. The van der Waals surface area contributed by atoms with Crippen LogP contribution in [0.4, 0.5) is 0 Å². The van der Waals surface area contributed by atoms with E-state index in [1.54, 1.807) is 0 Å². The van der Waals surface area contributed by atoms with Crippen LogP contribution in [-0.4, -0.2) is 36.1 Å². The molecular weight excluding hydrogens is 611 g/mol. The van der Waals surface area contributed by atoms with E-state index < -0.39 is 0 Å². The SMILES string of the molecule is CCCCCCCCC(CCCCCCCC)CC(=O)CCCCN(CCC)CCCCCCCCCCCCCCC(=O)CCCCCC. The molecule has 3 heteroatoms. The zero-order valence-corrected chi connectivity index (χ0v) is 35.1. The highest BCUT2D eigenvalue weighted by Crippen LogP contribution is 2.24. The van der Waals surface area contributed by atoms with Gasteiger partial charge in [0.2, 0.25) is 0 Å². The van der Waals surface area contributed by atoms with Crippen LogP contribution in [0.1, 0.15) is 265 Å². The predicted octanol–water partition coefficient (Wildman–Crippen LogP) is 15.6. The van der Waals surface area contributed by atoms with E-state index in [-0.39, 0.29) is 0 Å². The van der Waals surface area contributed by atoms with Crippen LogP contribution in [0.25, 0.3) is 0 Å². The van der Waals surface area contributed by atoms with Crippen molar-refractivity contribution in [1.82, 2.24) is 4.90 Å². The lowest BCUT2D eigenvalue weighted by Crippen LogP contribution is -2.27. The largest absolute Gasteiger partial charge is 0.303 e. The van der Waals surface area contributed by atoms with Crippen molar-refractivity contribution in [3.05, 3.63) is 0 Å². The van der Waals surface area contributed by atoms with Crippen LogP contribution < -0.4 is 0 Å². The zero-order chi connectivity index (χ0) is 36.6. The minimum absolute atomic E-state index is 0.499. The van der Waals surface area contributed by atoms with E-state index >= 15 is 0 Å². The molecule has 0 aliphatic rings. The molecule has 0 fully saturated rings. The average Bonchev–Trinajstić information content (AvgIpc) is 3.11. The third-order valence-electron chi connectivity index (χ3n) is 11.2. The molecule has 0 aromatic carbocycles. The lowest BCUT2D eigenvalue weighted by molar-refractivity contribution is -0.120. The second-order valence-corrected chi connectivity index (χ2v) is 16.4. The minimum Gasteiger partial charge on any atom is -0.303 e. The first-order valence-electron chi connectivity index (χ1n) is 23.3. The van der Waals surface area contributed by atoms with Gasteiger partial charge in [-0.05, 0) is 64.1 Å². The normalized spacial score (nSPS) is 11.7. The lowest BCUT2D eigenvalue weighted by atomic mass is 9.89. The van der Waals surface area contributed by atoms with E-state index in [2.05, 4.69) is 32.6 Å². The molecule has 0 bridgehead atoms. The van der Waals surface area contributed by atoms with Crippen LogP contribution >= 0.6 is 0 Å². The predicted molar refractivity (Wildman–Crippen MR) is 223 cm³/mol. The van der Waals surface area contributed by atoms with E-state index in [0.717, 1.165) is 44.9 Å². The first kappa shape index (κ1) is 49.3. The average molecular weight is 704 g/mol. The van der Waals surface area contributed by atoms with Crippen LogP contribution in [0.3, 0.4) is 0 Å². The molecule has 0 aliphatic carbocycles. The zero-order valence-electron chi connectivity index (χ0n) is 35.1. The Morgan fingerprint density at radius 3 is 1.10 bits per heavy atom. The molecule has 0 aromatic rings. The third kappa shape index (κ3) is 37.1. The van der Waals surface area contributed by atoms with Crippen molar-refractivity contribution in [2.45, 2.75) is 265 Å². The first-order valence-corrected chi connectivity index (χ1v) is 23.3. The molecule has 3 nitrogen and oxygen atoms in total. The van der Waals surface area contributed by atoms with Crippen molar-refractivity contribution in [2.24, 2.45) is 5.92 Å². The molecule has 0 atom stereocenters. The number of unbranched alkanes of at least 4 members (excludes halogenated alkanes) is 25. The van der Waals surface area contributed by atoms with Gasteiger partial charge < -0.3 is 4.90 Å². The Morgan fingerprint density at radius 1 is 0.340 bits per heavy atom. The summed E-state index contributed by atoms with van der Waals surface area (Å²) >= 11 is 0. The van der Waals surface area contributed by atoms with Crippen molar-refractivity contribution in [1.29, 1.82) is 0 Å². The van der Waals surface area contributed by atoms with Gasteiger partial charge in [0.1, 0.15) is 11.6 Å². The molecule has 0 aromatic heterocycles. The summed E-state index contributed by atoms with van der Waals surface area (Å²) in [5.41, 5.74) is 0. The van der Waals surface area contributed by atoms with Gasteiger partial charge in [-0.3, -0.25) is 9.59 Å². The number of hydrogen-bond donors (Lipinski definition) is 0. The highest BCUT2D eigenvalue weighted by molar-refractivity contribution is 5.78. The number of rotatable bonds is 43. The summed E-state index contributed by atoms with van der Waals surface area (Å²) in [4.78, 5) is 27.6. The second-order valence-electron chi connectivity index (χ2n) is 16.4. The quantitative estimate of drug-likeness (QED) is 0.0593. The summed E-state index contributed by atoms with van der Waals surface area (Å²) in [6.07, 6.45) is 46.6. The van der Waals surface area contributed by atoms with Crippen LogP contribution in [0, 0.1) is 5.92 Å². The number of carbonyl (C=O) groups is 2. The van der Waals surface area contributed by atoms with Crippen LogP contribution in [-0.2, 0) is 9.59 Å². The van der Waals surface area contributed by atoms with E-state index in [1.165, 1.54) is 212 Å². The minimum atomic E-state index is 0.499. The van der Waals surface area contributed by atoms with Gasteiger partial charge in [0.15, 0.2) is 0 Å². The highest BCUT2D eigenvalue weighted by Gasteiger charge is 2.14. The molecule has 0 unspecified atom stereocenters. The number of Topliss-reactive ketones (excluding diaryl/α,β-unsaturated/α-hetero) is 2. The molecule has 0 saturated heterocycles. The fourth-order valence-electron chi connectivity index (χ4n) is 7.81. The highest BCUT2D eigenvalue weighted by atomic mass is 16.1. The van der Waals surface area contributed by atoms with Gasteiger partial charge in [-0.15, -0.1) is 0 Å². The maximum Gasteiger partial charge on any atom is 0.133 e. The topological polar surface area (TPSA) is 37.4 Å². The van der Waals surface area contributed by atoms with Crippen molar-refractivity contribution >= 4 is 11.6 Å². The second kappa shape index (κ2) is 41.1. The summed E-state index contributed by atoms with van der Waals surface area (Å²) in [5.74, 6) is 1.68. The Labute approximate surface area is 316 Å². The summed E-state index contributed by atoms with van der Waals surface area (Å²) in [5, 5.41) is 0. The molecule has 0 heterocycles. The molecule has 0 radical (unpaired) electrons. The molecule has 0 rings (SSSR count). The number of hydrogen-bond acceptors (Lipinski definition) is 3. The molecule has 0 amide bonds. The van der Waals surface area contributed by atoms with E-state index in [1.807, 2.05) is 0 Å². The van der Waals surface area contributed by atoms with Gasteiger partial charge in [-0.1, -0.05) is 201 Å². The molecule has 0 N–H and O–H groups in total. The van der Waals surface area contributed by atoms with Gasteiger partial charge in [0.05, 0.1) is 0 Å². The summed E-state index contributed by atoms with van der Waals surface area (Å²) < 4.78 is 0. The molecular formula is C47H93NO2. The number of ketones is 2. The smallest absolute Gasteiger partial charge is 0.133 e. The van der Waals surface area contributed by atoms with Gasteiger partial charge in [0, 0.05) is 25.7 Å². The molecule has 0 spiro atoms. The van der Waals surface area contributed by atoms with Gasteiger partial charge in [-0.25, -0.2) is 0 Å². The molecule has 0 saturated carbocycles. The molecule has 0 aliphatic heterocycles. The molecule has 298 valence electrons. The number of carbonyl (C=O) groups excluding carboxylic acids is 2. The summed E-state index contributed by atoms with van der Waals surface area (Å²) in [6.45, 7) is 12.7. The van der Waals surface area contributed by atoms with Gasteiger partial charge in [-0.2, -0.15) is 0 Å². The van der Waals surface area contributed by atoms with Gasteiger partial charge in [0.25, 0.3) is 0 Å². The third-order valence-corrected chi connectivity index (χ3v) is 11.2. The Hall–Kier alpha value is -0.700. The summed E-state index contributed by atoms with van der Waals surface area (Å²) in [6, 6.07) is 0. The van der Waals surface area contributed by atoms with Crippen LogP contribution in [0.5, 0.6) is 0 Å². The van der Waals surface area contributed by atoms with E-state index in [4.69, 9.17) is 0 Å². The van der Waals surface area contributed by atoms with E-state index in [0.29, 0.717) is 17.5 Å². The monoisotopic (exact) mass is 704 g/mol. The maximum atomic E-state index is 13.0. The van der Waals surface area contributed by atoms with Crippen molar-refractivity contribution in [3.8, 4) is 0 Å². The fraction of sp³-hybridized carbons (Fsp3) is 0.957. The van der Waals surface area contributed by atoms with Crippen molar-refractivity contribution < 1.29 is 9.59 Å². The van der Waals surface area contributed by atoms with E-state index in [9.17, 15) is 9.59 Å². The van der Waals surface area contributed by atoms with Crippen molar-refractivity contribution in [2.75, 3.05) is 19.6 Å². The lowest BCUT2D eigenvalue weighted by Gasteiger charge is -2.21. The maximum absolute atomic E-state index is 13.0. The van der Waals surface area contributed by atoms with Crippen LogP contribution in [0.2, 0.25) is 0 Å². The van der Waals surface area contributed by atoms with Crippen LogP contribution in [0.15, 0.2) is 0 Å².